The molecule has 0 amide bonds. The van der Waals surface area contributed by atoms with Crippen molar-refractivity contribution in [1.29, 1.82) is 0 Å². The average Bonchev–Trinajstić information content (AvgIpc) is 3.57. The number of phosphoric acid groups is 2. The number of hydrogen-bond donors (Lipinski definition) is 3. The van der Waals surface area contributed by atoms with E-state index in [-0.39, 0.29) is 25.7 Å². The summed E-state index contributed by atoms with van der Waals surface area (Å²) in [4.78, 5) is 72.3. The monoisotopic (exact) mass is 1260 g/mol. The topological polar surface area (TPSA) is 237 Å². The molecule has 3 unspecified atom stereocenters. The number of hydrogen-bond acceptors (Lipinski definition) is 15. The van der Waals surface area contributed by atoms with E-state index in [2.05, 4.69) is 72.8 Å². The van der Waals surface area contributed by atoms with E-state index in [1.54, 1.807) is 0 Å². The zero-order chi connectivity index (χ0) is 63.8. The molecule has 6 atom stereocenters. The van der Waals surface area contributed by atoms with Crippen LogP contribution in [-0.4, -0.2) is 96.7 Å². The molecule has 0 saturated heterocycles. The molecule has 0 aliphatic carbocycles. The van der Waals surface area contributed by atoms with Gasteiger partial charge in [0, 0.05) is 25.7 Å². The standard InChI is InChI=1S/C67H126O17P2/c1-8-10-11-12-13-14-15-16-17-18-19-22-26-36-43-50-66(71)83-62(54-77-64(69)48-41-34-25-23-20-21-24-31-38-45-58(3)4)56-81-85(73,74)79-52-61(68)53-80-86(75,76)82-57-63(55-78-65(70)49-42-35-29-27-32-39-46-59(5)6)84-67(72)51-44-37-30-28-33-40-47-60(7)9-2/h14-17,58-63,68H,8-13,18-57H2,1-7H3,(H,73,74)(H,75,76)/b15-14-,17-16-/t60?,61-,62-,63-/m1/s1. The van der Waals surface area contributed by atoms with Crippen LogP contribution in [0, 0.1) is 17.8 Å². The molecule has 86 heavy (non-hydrogen) atoms. The van der Waals surface area contributed by atoms with E-state index in [0.29, 0.717) is 31.6 Å². The predicted molar refractivity (Wildman–Crippen MR) is 344 cm³/mol. The Morgan fingerprint density at radius 3 is 1.03 bits per heavy atom. The van der Waals surface area contributed by atoms with Gasteiger partial charge in [-0.1, -0.05) is 253 Å². The molecule has 0 spiro atoms. The SMILES string of the molecule is CCCCCC/C=C\C=C/CCCCCCCC(=O)O[C@H](COC(=O)CCCCCCCCCCCC(C)C)COP(=O)(O)OC[C@@H](O)COP(=O)(O)OC[C@@H](COC(=O)CCCCCCCCC(C)C)OC(=O)CCCCCCCCC(C)CC. The second-order valence-corrected chi connectivity index (χ2v) is 27.6. The third-order valence-corrected chi connectivity index (χ3v) is 17.0. The fraction of sp³-hybridized carbons (Fsp3) is 0.881. The zero-order valence-electron chi connectivity index (χ0n) is 55.3. The Kier molecular flexibility index (Phi) is 56.0. The summed E-state index contributed by atoms with van der Waals surface area (Å²) in [7, 11) is -9.91. The summed E-state index contributed by atoms with van der Waals surface area (Å²) >= 11 is 0. The van der Waals surface area contributed by atoms with Gasteiger partial charge in [0.25, 0.3) is 0 Å². The fourth-order valence-electron chi connectivity index (χ4n) is 9.44. The van der Waals surface area contributed by atoms with E-state index in [9.17, 15) is 43.2 Å². The first-order valence-electron chi connectivity index (χ1n) is 34.2. The predicted octanol–water partition coefficient (Wildman–Crippen LogP) is 18.2. The molecule has 0 aromatic rings. The number of unbranched alkanes of at least 4 members (excludes halogenated alkanes) is 27. The summed E-state index contributed by atoms with van der Waals surface area (Å²) in [6.07, 6.45) is 42.7. The highest BCUT2D eigenvalue weighted by atomic mass is 31.2. The van der Waals surface area contributed by atoms with Crippen LogP contribution < -0.4 is 0 Å². The molecule has 0 bridgehead atoms. The highest BCUT2D eigenvalue weighted by Crippen LogP contribution is 2.45. The zero-order valence-corrected chi connectivity index (χ0v) is 57.0. The number of phosphoric ester groups is 2. The molecular weight excluding hydrogens is 1140 g/mol. The van der Waals surface area contributed by atoms with E-state index >= 15 is 0 Å². The van der Waals surface area contributed by atoms with Crippen LogP contribution in [0.25, 0.3) is 0 Å². The first-order chi connectivity index (χ1) is 41.3. The van der Waals surface area contributed by atoms with Crippen LogP contribution >= 0.6 is 15.6 Å². The Balaban J connectivity index is 5.29. The van der Waals surface area contributed by atoms with Crippen molar-refractivity contribution in [3.63, 3.8) is 0 Å². The highest BCUT2D eigenvalue weighted by Gasteiger charge is 2.30. The van der Waals surface area contributed by atoms with Crippen molar-refractivity contribution in [2.45, 2.75) is 324 Å². The molecule has 506 valence electrons. The van der Waals surface area contributed by atoms with Gasteiger partial charge < -0.3 is 33.8 Å². The number of ether oxygens (including phenoxy) is 4. The summed E-state index contributed by atoms with van der Waals surface area (Å²) in [5.41, 5.74) is 0. The van der Waals surface area contributed by atoms with E-state index < -0.39 is 97.5 Å². The second-order valence-electron chi connectivity index (χ2n) is 24.7. The molecule has 0 fully saturated rings. The lowest BCUT2D eigenvalue weighted by Gasteiger charge is -2.21. The van der Waals surface area contributed by atoms with Gasteiger partial charge in [-0.15, -0.1) is 0 Å². The number of aliphatic hydroxyl groups is 1. The van der Waals surface area contributed by atoms with Crippen molar-refractivity contribution in [3.05, 3.63) is 24.3 Å². The van der Waals surface area contributed by atoms with Crippen molar-refractivity contribution in [3.8, 4) is 0 Å². The Morgan fingerprint density at radius 1 is 0.384 bits per heavy atom. The summed E-state index contributed by atoms with van der Waals surface area (Å²) in [5, 5.41) is 10.5. The van der Waals surface area contributed by atoms with Crippen LogP contribution in [0.2, 0.25) is 0 Å². The van der Waals surface area contributed by atoms with Crippen molar-refractivity contribution >= 4 is 39.5 Å². The van der Waals surface area contributed by atoms with Crippen LogP contribution in [0.1, 0.15) is 305 Å². The third-order valence-electron chi connectivity index (χ3n) is 15.1. The molecule has 0 aromatic carbocycles. The average molecular weight is 1270 g/mol. The van der Waals surface area contributed by atoms with Crippen molar-refractivity contribution in [2.75, 3.05) is 39.6 Å². The van der Waals surface area contributed by atoms with Gasteiger partial charge in [0.1, 0.15) is 19.3 Å². The summed E-state index contributed by atoms with van der Waals surface area (Å²) < 4.78 is 68.0. The molecule has 0 radical (unpaired) electrons. The lowest BCUT2D eigenvalue weighted by atomic mass is 10.00. The molecular formula is C67H126O17P2. The maximum absolute atomic E-state index is 13.0. The number of allylic oxidation sites excluding steroid dienone is 4. The van der Waals surface area contributed by atoms with E-state index in [1.807, 2.05) is 0 Å². The number of aliphatic hydroxyl groups excluding tert-OH is 1. The summed E-state index contributed by atoms with van der Waals surface area (Å²) in [5.74, 6) is -0.0298. The number of carbonyl (C=O) groups is 4. The maximum atomic E-state index is 13.0. The number of rotatable bonds is 63. The summed E-state index contributed by atoms with van der Waals surface area (Å²) in [6.45, 7) is 11.6. The first kappa shape index (κ1) is 83.5. The van der Waals surface area contributed by atoms with Crippen LogP contribution in [0.5, 0.6) is 0 Å². The van der Waals surface area contributed by atoms with E-state index in [1.165, 1.54) is 96.3 Å². The molecule has 19 heteroatoms. The third kappa shape index (κ3) is 59.2. The summed E-state index contributed by atoms with van der Waals surface area (Å²) in [6, 6.07) is 0. The molecule has 0 aliphatic heterocycles. The molecule has 17 nitrogen and oxygen atoms in total. The van der Waals surface area contributed by atoms with Gasteiger partial charge in [0.15, 0.2) is 12.2 Å². The van der Waals surface area contributed by atoms with Gasteiger partial charge >= 0.3 is 39.5 Å². The molecule has 0 heterocycles. The number of esters is 4. The second kappa shape index (κ2) is 57.7. The van der Waals surface area contributed by atoms with Gasteiger partial charge in [-0.2, -0.15) is 0 Å². The Hall–Kier alpha value is -2.46. The molecule has 0 aliphatic rings. The van der Waals surface area contributed by atoms with Gasteiger partial charge in [-0.25, -0.2) is 9.13 Å². The fourth-order valence-corrected chi connectivity index (χ4v) is 11.0. The van der Waals surface area contributed by atoms with E-state index in [4.69, 9.17) is 37.0 Å². The van der Waals surface area contributed by atoms with Crippen LogP contribution in [0.3, 0.4) is 0 Å². The van der Waals surface area contributed by atoms with Crippen LogP contribution in [0.15, 0.2) is 24.3 Å². The minimum atomic E-state index is -4.96. The lowest BCUT2D eigenvalue weighted by Crippen LogP contribution is -2.30. The molecule has 0 rings (SSSR count). The van der Waals surface area contributed by atoms with Crippen molar-refractivity contribution < 1.29 is 80.2 Å². The largest absolute Gasteiger partial charge is 0.472 e. The van der Waals surface area contributed by atoms with Gasteiger partial charge in [-0.3, -0.25) is 37.3 Å². The quantitative estimate of drug-likeness (QED) is 0.0169. The van der Waals surface area contributed by atoms with Gasteiger partial charge in [-0.05, 0) is 69.1 Å². The molecule has 3 N–H and O–H groups in total. The Bertz CT molecular complexity index is 1790. The number of carbonyl (C=O) groups excluding carboxylic acids is 4. The molecule has 0 aromatic heterocycles. The Morgan fingerprint density at radius 2 is 0.686 bits per heavy atom. The normalized spacial score (nSPS) is 14.8. The first-order valence-corrected chi connectivity index (χ1v) is 37.2. The van der Waals surface area contributed by atoms with Gasteiger partial charge in [0.2, 0.25) is 0 Å². The van der Waals surface area contributed by atoms with Gasteiger partial charge in [0.05, 0.1) is 26.4 Å². The van der Waals surface area contributed by atoms with Crippen molar-refractivity contribution in [1.82, 2.24) is 0 Å². The lowest BCUT2D eigenvalue weighted by molar-refractivity contribution is -0.161. The smallest absolute Gasteiger partial charge is 0.462 e. The highest BCUT2D eigenvalue weighted by molar-refractivity contribution is 7.47. The maximum Gasteiger partial charge on any atom is 0.472 e. The Labute approximate surface area is 522 Å². The molecule has 0 saturated carbocycles. The van der Waals surface area contributed by atoms with E-state index in [0.717, 1.165) is 121 Å². The van der Waals surface area contributed by atoms with Crippen LogP contribution in [-0.2, 0) is 65.4 Å². The minimum absolute atomic E-state index is 0.0838. The minimum Gasteiger partial charge on any atom is -0.462 e. The van der Waals surface area contributed by atoms with Crippen molar-refractivity contribution in [2.24, 2.45) is 17.8 Å². The van der Waals surface area contributed by atoms with Crippen LogP contribution in [0.4, 0.5) is 0 Å².